The molecule has 0 atom stereocenters. The van der Waals surface area contributed by atoms with Crippen LogP contribution in [0.5, 0.6) is 5.75 Å². The third-order valence-electron chi connectivity index (χ3n) is 3.92. The van der Waals surface area contributed by atoms with Crippen molar-refractivity contribution in [2.45, 2.75) is 13.0 Å². The fourth-order valence-corrected chi connectivity index (χ4v) is 2.83. The fraction of sp³-hybridized carbons (Fsp3) is 0.105. The van der Waals surface area contributed by atoms with Gasteiger partial charge in [0.2, 0.25) is 5.75 Å². The van der Waals surface area contributed by atoms with Gasteiger partial charge in [-0.2, -0.15) is 0 Å². The van der Waals surface area contributed by atoms with Gasteiger partial charge < -0.3 is 9.15 Å². The van der Waals surface area contributed by atoms with E-state index in [2.05, 4.69) is 12.2 Å². The van der Waals surface area contributed by atoms with E-state index >= 15 is 0 Å². The quantitative estimate of drug-likeness (QED) is 0.589. The smallest absolute Gasteiger partial charge is 0.379 e. The summed E-state index contributed by atoms with van der Waals surface area (Å²) in [7, 11) is 0. The van der Waals surface area contributed by atoms with Gasteiger partial charge in [-0.25, -0.2) is 4.79 Å². The molecule has 0 fully saturated rings. The second-order valence-electron chi connectivity index (χ2n) is 5.29. The lowest BCUT2D eigenvalue weighted by Crippen LogP contribution is -2.10. The number of fused-ring (bicyclic) bond motifs is 4. The van der Waals surface area contributed by atoms with Crippen molar-refractivity contribution >= 4 is 17.0 Å². The molecule has 1 aliphatic heterocycles. The van der Waals surface area contributed by atoms with Gasteiger partial charge >= 0.3 is 5.63 Å². The number of benzene rings is 2. The van der Waals surface area contributed by atoms with E-state index in [1.54, 1.807) is 0 Å². The van der Waals surface area contributed by atoms with Crippen LogP contribution in [-0.4, -0.2) is 0 Å². The van der Waals surface area contributed by atoms with Gasteiger partial charge in [0.15, 0.2) is 0 Å². The summed E-state index contributed by atoms with van der Waals surface area (Å²) in [5.41, 5.74) is 3.24. The van der Waals surface area contributed by atoms with E-state index in [1.807, 2.05) is 48.5 Å². The Morgan fingerprint density at radius 3 is 2.73 bits per heavy atom. The van der Waals surface area contributed by atoms with Crippen LogP contribution < -0.4 is 10.4 Å². The first-order chi connectivity index (χ1) is 10.8. The molecule has 0 aliphatic carbocycles. The maximum Gasteiger partial charge on any atom is 0.379 e. The van der Waals surface area contributed by atoms with Gasteiger partial charge in [-0.15, -0.1) is 0 Å². The topological polar surface area (TPSA) is 39.4 Å². The lowest BCUT2D eigenvalue weighted by atomic mass is 10.0. The first-order valence-corrected chi connectivity index (χ1v) is 7.25. The Bertz CT molecular complexity index is 935. The molecule has 1 aliphatic rings. The van der Waals surface area contributed by atoms with Gasteiger partial charge in [-0.05, 0) is 23.6 Å². The average molecular weight is 290 g/mol. The Labute approximate surface area is 127 Å². The van der Waals surface area contributed by atoms with Crippen molar-refractivity contribution in [2.24, 2.45) is 0 Å². The summed E-state index contributed by atoms with van der Waals surface area (Å²) < 4.78 is 11.2. The Morgan fingerprint density at radius 1 is 0.955 bits per heavy atom. The number of hydrogen-bond acceptors (Lipinski definition) is 3. The van der Waals surface area contributed by atoms with Crippen LogP contribution in [0.3, 0.4) is 0 Å². The summed E-state index contributed by atoms with van der Waals surface area (Å²) in [5.74, 6) is 0.319. The van der Waals surface area contributed by atoms with Crippen molar-refractivity contribution in [1.82, 2.24) is 0 Å². The molecule has 0 bridgehead atoms. The molecular weight excluding hydrogens is 276 g/mol. The lowest BCUT2D eigenvalue weighted by Gasteiger charge is -2.11. The van der Waals surface area contributed by atoms with Crippen LogP contribution in [0.4, 0.5) is 0 Å². The second-order valence-corrected chi connectivity index (χ2v) is 5.29. The summed E-state index contributed by atoms with van der Waals surface area (Å²) in [6.07, 6.45) is 4.78. The Morgan fingerprint density at radius 2 is 1.77 bits per heavy atom. The molecule has 0 unspecified atom stereocenters. The minimum Gasteiger partial charge on any atom is -0.481 e. The highest BCUT2D eigenvalue weighted by Gasteiger charge is 2.16. The van der Waals surface area contributed by atoms with E-state index in [0.717, 1.165) is 22.1 Å². The average Bonchev–Trinajstić information content (AvgIpc) is 2.64. The first-order valence-electron chi connectivity index (χ1n) is 7.25. The fourth-order valence-electron chi connectivity index (χ4n) is 2.83. The number of ether oxygens (including phenoxy) is 1. The molecule has 3 nitrogen and oxygen atoms in total. The summed E-state index contributed by atoms with van der Waals surface area (Å²) in [6.45, 7) is 0.358. The molecule has 1 aromatic heterocycles. The molecule has 0 amide bonds. The summed E-state index contributed by atoms with van der Waals surface area (Å²) in [5, 5.41) is 0.924. The Hall–Kier alpha value is -2.81. The summed E-state index contributed by atoms with van der Waals surface area (Å²) in [6, 6.07) is 15.6. The van der Waals surface area contributed by atoms with E-state index in [-0.39, 0.29) is 0 Å². The van der Waals surface area contributed by atoms with Crippen LogP contribution in [-0.2, 0) is 13.0 Å². The largest absolute Gasteiger partial charge is 0.481 e. The minimum atomic E-state index is -0.415. The molecular formula is C19H14O3. The third-order valence-corrected chi connectivity index (χ3v) is 3.92. The molecule has 4 rings (SSSR count). The van der Waals surface area contributed by atoms with E-state index in [0.29, 0.717) is 24.4 Å². The normalized spacial score (nSPS) is 14.9. The van der Waals surface area contributed by atoms with Gasteiger partial charge in [0.05, 0.1) is 0 Å². The van der Waals surface area contributed by atoms with Gasteiger partial charge in [0, 0.05) is 10.9 Å². The van der Waals surface area contributed by atoms with E-state index in [9.17, 15) is 4.79 Å². The molecule has 3 aromatic rings. The van der Waals surface area contributed by atoms with Crippen LogP contribution in [0, 0.1) is 0 Å². The van der Waals surface area contributed by atoms with Gasteiger partial charge in [-0.1, -0.05) is 54.6 Å². The Kier molecular flexibility index (Phi) is 3.04. The van der Waals surface area contributed by atoms with Gasteiger partial charge in [-0.3, -0.25) is 0 Å². The van der Waals surface area contributed by atoms with Crippen LogP contribution in [0.15, 0.2) is 63.8 Å². The molecule has 0 N–H and O–H groups in total. The molecule has 2 aromatic carbocycles. The first kappa shape index (κ1) is 12.9. The monoisotopic (exact) mass is 290 g/mol. The van der Waals surface area contributed by atoms with Crippen molar-refractivity contribution in [3.05, 3.63) is 81.7 Å². The van der Waals surface area contributed by atoms with Crippen LogP contribution in [0.2, 0.25) is 0 Å². The third kappa shape index (κ3) is 2.11. The van der Waals surface area contributed by atoms with Crippen molar-refractivity contribution in [3.63, 3.8) is 0 Å². The molecule has 0 saturated carbocycles. The van der Waals surface area contributed by atoms with E-state index in [4.69, 9.17) is 9.15 Å². The number of para-hydroxylation sites is 1. The van der Waals surface area contributed by atoms with E-state index < -0.39 is 5.63 Å². The lowest BCUT2D eigenvalue weighted by molar-refractivity contribution is 0.288. The standard InChI is InChI=1S/C19H14O3/c20-19-18-16(15-9-3-4-11-17(15)22-19)10-5-8-13-6-1-2-7-14(13)12-21-18/h1-9,11H,10,12H2/b8-5-. The number of allylic oxidation sites excluding steroid dienone is 1. The Balaban J connectivity index is 1.92. The van der Waals surface area contributed by atoms with Gasteiger partial charge in [0.25, 0.3) is 0 Å². The van der Waals surface area contributed by atoms with Crippen LogP contribution in [0.25, 0.3) is 17.0 Å². The molecule has 0 spiro atoms. The zero-order chi connectivity index (χ0) is 14.9. The highest BCUT2D eigenvalue weighted by Crippen LogP contribution is 2.28. The molecule has 0 radical (unpaired) electrons. The maximum absolute atomic E-state index is 12.3. The highest BCUT2D eigenvalue weighted by atomic mass is 16.5. The number of hydrogen-bond donors (Lipinski definition) is 0. The van der Waals surface area contributed by atoms with Crippen molar-refractivity contribution in [1.29, 1.82) is 0 Å². The maximum atomic E-state index is 12.3. The molecule has 108 valence electrons. The molecule has 22 heavy (non-hydrogen) atoms. The SMILES string of the molecule is O=c1oc2ccccc2c2c1OCc1ccccc1/C=C\C2. The summed E-state index contributed by atoms with van der Waals surface area (Å²) >= 11 is 0. The van der Waals surface area contributed by atoms with Gasteiger partial charge in [0.1, 0.15) is 12.2 Å². The van der Waals surface area contributed by atoms with E-state index in [1.165, 1.54) is 0 Å². The number of rotatable bonds is 0. The highest BCUT2D eigenvalue weighted by molar-refractivity contribution is 5.82. The van der Waals surface area contributed by atoms with Crippen molar-refractivity contribution in [3.8, 4) is 5.75 Å². The minimum absolute atomic E-state index is 0.319. The predicted molar refractivity (Wildman–Crippen MR) is 86.0 cm³/mol. The molecule has 2 heterocycles. The van der Waals surface area contributed by atoms with Crippen molar-refractivity contribution in [2.75, 3.05) is 0 Å². The predicted octanol–water partition coefficient (Wildman–Crippen LogP) is 3.94. The molecule has 0 saturated heterocycles. The van der Waals surface area contributed by atoms with Crippen molar-refractivity contribution < 1.29 is 9.15 Å². The zero-order valence-corrected chi connectivity index (χ0v) is 11.9. The zero-order valence-electron chi connectivity index (χ0n) is 11.9. The van der Waals surface area contributed by atoms with Crippen LogP contribution >= 0.6 is 0 Å². The van der Waals surface area contributed by atoms with Crippen LogP contribution in [0.1, 0.15) is 16.7 Å². The second kappa shape index (κ2) is 5.19. The molecule has 3 heteroatoms. The summed E-state index contributed by atoms with van der Waals surface area (Å²) in [4.78, 5) is 12.3.